The highest BCUT2D eigenvalue weighted by atomic mass is 16.3. The van der Waals surface area contributed by atoms with Gasteiger partial charge in [0.15, 0.2) is 5.69 Å². The van der Waals surface area contributed by atoms with Gasteiger partial charge in [-0.1, -0.05) is 36.8 Å². The number of aromatic nitrogens is 2. The van der Waals surface area contributed by atoms with Crippen LogP contribution in [-0.4, -0.2) is 27.0 Å². The maximum absolute atomic E-state index is 12.3. The Balaban J connectivity index is 1.73. The predicted molar refractivity (Wildman–Crippen MR) is 88.3 cm³/mol. The van der Waals surface area contributed by atoms with Crippen LogP contribution < -0.4 is 16.6 Å². The second kappa shape index (κ2) is 6.74. The van der Waals surface area contributed by atoms with Gasteiger partial charge in [-0.3, -0.25) is 19.6 Å². The number of aromatic hydroxyl groups is 1. The second-order valence-electron chi connectivity index (χ2n) is 6.08. The third-order valence-electron chi connectivity index (χ3n) is 4.42. The number of carbonyl (C=O) groups is 1. The quantitative estimate of drug-likeness (QED) is 0.678. The third-order valence-corrected chi connectivity index (χ3v) is 4.42. The molecule has 0 aliphatic heterocycles. The van der Waals surface area contributed by atoms with Crippen molar-refractivity contribution in [2.45, 2.75) is 37.6 Å². The number of hydrogen-bond donors (Lipinski definition) is 4. The van der Waals surface area contributed by atoms with Gasteiger partial charge in [-0.25, -0.2) is 4.79 Å². The Labute approximate surface area is 137 Å². The molecule has 1 aliphatic rings. The molecule has 0 bridgehead atoms. The fraction of sp³-hybridized carbons (Fsp3) is 0.353. The first-order valence-corrected chi connectivity index (χ1v) is 7.96. The summed E-state index contributed by atoms with van der Waals surface area (Å²) >= 11 is 0. The van der Waals surface area contributed by atoms with Gasteiger partial charge in [-0.2, -0.15) is 0 Å². The monoisotopic (exact) mass is 329 g/mol. The minimum Gasteiger partial charge on any atom is -0.501 e. The first-order valence-electron chi connectivity index (χ1n) is 7.96. The maximum Gasteiger partial charge on any atom is 0.326 e. The molecule has 1 aliphatic carbocycles. The Morgan fingerprint density at radius 1 is 1.12 bits per heavy atom. The summed E-state index contributed by atoms with van der Waals surface area (Å²) in [5.74, 6) is -1.06. The lowest BCUT2D eigenvalue weighted by molar-refractivity contribution is 0.0916. The van der Waals surface area contributed by atoms with Crippen LogP contribution in [0.25, 0.3) is 0 Å². The molecule has 3 rings (SSSR count). The molecule has 2 atom stereocenters. The van der Waals surface area contributed by atoms with Crippen molar-refractivity contribution >= 4 is 5.91 Å². The van der Waals surface area contributed by atoms with E-state index in [0.717, 1.165) is 25.7 Å². The second-order valence-corrected chi connectivity index (χ2v) is 6.08. The standard InChI is InChI=1S/C17H19N3O4/c21-14-13(19-17(24)20-16(14)23)15(22)18-12-8-4-7-11(9-12)10-5-2-1-3-6-10/h1-3,5-6,11-12,21H,4,7-9H2,(H,18,22)(H2,19,20,23,24)/t11-,12-/m1/s1. The lowest BCUT2D eigenvalue weighted by atomic mass is 9.81. The van der Waals surface area contributed by atoms with E-state index in [0.29, 0.717) is 5.92 Å². The van der Waals surface area contributed by atoms with Gasteiger partial charge in [0.05, 0.1) is 0 Å². The highest BCUT2D eigenvalue weighted by Gasteiger charge is 2.26. The Morgan fingerprint density at radius 2 is 1.88 bits per heavy atom. The van der Waals surface area contributed by atoms with E-state index in [1.165, 1.54) is 5.56 Å². The molecule has 126 valence electrons. The molecule has 7 heteroatoms. The van der Waals surface area contributed by atoms with Crippen LogP contribution in [0.15, 0.2) is 39.9 Å². The number of benzene rings is 1. The summed E-state index contributed by atoms with van der Waals surface area (Å²) in [4.78, 5) is 39.0. The highest BCUT2D eigenvalue weighted by Crippen LogP contribution is 2.32. The van der Waals surface area contributed by atoms with Crippen LogP contribution in [-0.2, 0) is 0 Å². The Hall–Kier alpha value is -2.83. The van der Waals surface area contributed by atoms with E-state index in [1.807, 2.05) is 23.2 Å². The van der Waals surface area contributed by atoms with E-state index in [9.17, 15) is 19.5 Å². The minimum absolute atomic E-state index is 0.0707. The molecule has 0 saturated heterocycles. The van der Waals surface area contributed by atoms with Crippen LogP contribution in [0, 0.1) is 0 Å². The van der Waals surface area contributed by atoms with Gasteiger partial charge < -0.3 is 10.4 Å². The van der Waals surface area contributed by atoms with Crippen LogP contribution in [0.1, 0.15) is 47.7 Å². The van der Waals surface area contributed by atoms with Crippen molar-refractivity contribution < 1.29 is 9.90 Å². The highest BCUT2D eigenvalue weighted by molar-refractivity contribution is 5.94. The van der Waals surface area contributed by atoms with Crippen LogP contribution in [0.5, 0.6) is 5.75 Å². The minimum atomic E-state index is -0.977. The van der Waals surface area contributed by atoms with Gasteiger partial charge in [0, 0.05) is 6.04 Å². The SMILES string of the molecule is O=C(N[C@@H]1CCC[C@@H](c2ccccc2)C1)c1[nH]c(=O)[nH]c(=O)c1O. The predicted octanol–water partition coefficient (Wildman–Crippen LogP) is 1.22. The van der Waals surface area contributed by atoms with Gasteiger partial charge >= 0.3 is 5.69 Å². The molecule has 1 amide bonds. The van der Waals surface area contributed by atoms with E-state index >= 15 is 0 Å². The zero-order valence-electron chi connectivity index (χ0n) is 13.0. The lowest BCUT2D eigenvalue weighted by Crippen LogP contribution is -2.40. The molecule has 0 spiro atoms. The molecule has 0 unspecified atom stereocenters. The first kappa shape index (κ1) is 16.0. The normalized spacial score (nSPS) is 20.5. The molecule has 1 heterocycles. The van der Waals surface area contributed by atoms with Gasteiger partial charge in [0.1, 0.15) is 0 Å². The lowest BCUT2D eigenvalue weighted by Gasteiger charge is -2.30. The first-order chi connectivity index (χ1) is 11.5. The van der Waals surface area contributed by atoms with Crippen molar-refractivity contribution in [3.63, 3.8) is 0 Å². The molecule has 0 radical (unpaired) electrons. The maximum atomic E-state index is 12.3. The fourth-order valence-corrected chi connectivity index (χ4v) is 3.25. The Morgan fingerprint density at radius 3 is 2.62 bits per heavy atom. The molecular weight excluding hydrogens is 310 g/mol. The summed E-state index contributed by atoms with van der Waals surface area (Å²) in [7, 11) is 0. The summed E-state index contributed by atoms with van der Waals surface area (Å²) < 4.78 is 0. The number of H-pyrrole nitrogens is 2. The molecule has 1 aromatic carbocycles. The van der Waals surface area contributed by atoms with Crippen molar-refractivity contribution in [1.29, 1.82) is 0 Å². The number of amides is 1. The van der Waals surface area contributed by atoms with Gasteiger partial charge in [-0.15, -0.1) is 0 Å². The summed E-state index contributed by atoms with van der Waals surface area (Å²) in [6.07, 6.45) is 3.64. The summed E-state index contributed by atoms with van der Waals surface area (Å²) in [5, 5.41) is 12.5. The Kier molecular flexibility index (Phi) is 4.50. The van der Waals surface area contributed by atoms with Crippen molar-refractivity contribution in [2.24, 2.45) is 0 Å². The number of hydrogen-bond acceptors (Lipinski definition) is 4. The van der Waals surface area contributed by atoms with E-state index in [-0.39, 0.29) is 6.04 Å². The zero-order valence-corrected chi connectivity index (χ0v) is 13.0. The van der Waals surface area contributed by atoms with Gasteiger partial charge in [0.25, 0.3) is 11.5 Å². The molecule has 24 heavy (non-hydrogen) atoms. The smallest absolute Gasteiger partial charge is 0.326 e. The largest absolute Gasteiger partial charge is 0.501 e. The van der Waals surface area contributed by atoms with Gasteiger partial charge in [0.2, 0.25) is 5.75 Å². The Bertz CT molecular complexity index is 841. The van der Waals surface area contributed by atoms with Crippen LogP contribution in [0.4, 0.5) is 0 Å². The van der Waals surface area contributed by atoms with Crippen LogP contribution in [0.3, 0.4) is 0 Å². The van der Waals surface area contributed by atoms with Crippen LogP contribution >= 0.6 is 0 Å². The summed E-state index contributed by atoms with van der Waals surface area (Å²) in [6, 6.07) is 10.0. The fourth-order valence-electron chi connectivity index (χ4n) is 3.25. The van der Waals surface area contributed by atoms with Crippen molar-refractivity contribution in [2.75, 3.05) is 0 Å². The van der Waals surface area contributed by atoms with E-state index in [1.54, 1.807) is 0 Å². The molecule has 7 nitrogen and oxygen atoms in total. The summed E-state index contributed by atoms with van der Waals surface area (Å²) in [6.45, 7) is 0. The molecule has 1 aromatic heterocycles. The van der Waals surface area contributed by atoms with Crippen LogP contribution in [0.2, 0.25) is 0 Å². The van der Waals surface area contributed by atoms with Gasteiger partial charge in [-0.05, 0) is 30.7 Å². The number of rotatable bonds is 3. The number of carbonyl (C=O) groups excluding carboxylic acids is 1. The van der Waals surface area contributed by atoms with Crippen molar-refractivity contribution in [3.8, 4) is 5.75 Å². The molecular formula is C17H19N3O4. The van der Waals surface area contributed by atoms with E-state index < -0.39 is 28.6 Å². The van der Waals surface area contributed by atoms with E-state index in [2.05, 4.69) is 22.4 Å². The molecule has 4 N–H and O–H groups in total. The summed E-state index contributed by atoms with van der Waals surface area (Å²) in [5.41, 5.74) is -0.960. The number of aromatic amines is 2. The van der Waals surface area contributed by atoms with Crippen molar-refractivity contribution in [3.05, 3.63) is 62.4 Å². The average Bonchev–Trinajstić information content (AvgIpc) is 2.59. The van der Waals surface area contributed by atoms with E-state index in [4.69, 9.17) is 0 Å². The average molecular weight is 329 g/mol. The topological polar surface area (TPSA) is 115 Å². The molecule has 1 saturated carbocycles. The number of nitrogens with one attached hydrogen (secondary N) is 3. The molecule has 1 fully saturated rings. The molecule has 2 aromatic rings. The zero-order chi connectivity index (χ0) is 17.1. The third kappa shape index (κ3) is 3.40. The van der Waals surface area contributed by atoms with Crippen molar-refractivity contribution in [1.82, 2.24) is 15.3 Å².